The van der Waals surface area contributed by atoms with Crippen molar-refractivity contribution in [2.24, 2.45) is 0 Å². The van der Waals surface area contributed by atoms with Crippen LogP contribution in [-0.2, 0) is 44.7 Å². The number of fused-ring (bicyclic) bond motifs is 3. The van der Waals surface area contributed by atoms with Gasteiger partial charge in [0.2, 0.25) is 10.6 Å². The molecule has 4 N–H and O–H groups in total. The van der Waals surface area contributed by atoms with E-state index in [1.165, 1.54) is 23.6 Å². The number of pyridine rings is 4. The number of rotatable bonds is 11. The van der Waals surface area contributed by atoms with Crippen LogP contribution in [0.15, 0.2) is 107 Å². The van der Waals surface area contributed by atoms with Gasteiger partial charge in [-0.25, -0.2) is 19.3 Å². The quantitative estimate of drug-likeness (QED) is 0.0315. The number of alkyl halides is 2. The molecule has 0 bridgehead atoms. The number of nitrogens with one attached hydrogen (secondary N) is 2. The average molecular weight is 1420 g/mol. The average Bonchev–Trinajstić information content (AvgIpc) is 2.72. The summed E-state index contributed by atoms with van der Waals surface area (Å²) in [6.45, 7) is 11.7. The molecule has 7 aromatic heterocycles. The third kappa shape index (κ3) is 22.5. The van der Waals surface area contributed by atoms with Gasteiger partial charge in [-0.3, -0.25) is 34.0 Å². The van der Waals surface area contributed by atoms with E-state index in [1.807, 2.05) is 86.6 Å². The van der Waals surface area contributed by atoms with Gasteiger partial charge in [0.1, 0.15) is 5.82 Å². The first-order valence-corrected chi connectivity index (χ1v) is 26.5. The minimum absolute atomic E-state index is 0. The zero-order valence-corrected chi connectivity index (χ0v) is 58.1. The number of amides is 1. The smallest absolute Gasteiger partial charge is 1.00 e. The van der Waals surface area contributed by atoms with Crippen molar-refractivity contribution in [3.8, 4) is 0 Å². The van der Waals surface area contributed by atoms with Crippen LogP contribution in [0.1, 0.15) is 68.2 Å². The van der Waals surface area contributed by atoms with Gasteiger partial charge in [-0.2, -0.15) is 14.6 Å². The molecule has 24 nitrogen and oxygen atoms in total. The molecule has 7 heterocycles. The zero-order valence-electron chi connectivity index (χ0n) is 47.7. The number of ether oxygens (including phenoxy) is 2. The number of halogens is 7. The number of carbonyl (C=O) groups excluding carboxylic acids is 4. The largest absolute Gasteiger partial charge is 1.00 e. The van der Waals surface area contributed by atoms with E-state index in [0.717, 1.165) is 66.2 Å². The molecular weight excluding hydrogens is 1380 g/mol. The van der Waals surface area contributed by atoms with Gasteiger partial charge in [-0.15, -0.1) is 33.4 Å². The summed E-state index contributed by atoms with van der Waals surface area (Å²) in [5, 5.41) is 30.1. The van der Waals surface area contributed by atoms with Crippen molar-refractivity contribution in [2.45, 2.75) is 39.4 Å². The number of esters is 2. The minimum Gasteiger partial charge on any atom is -1.00 e. The van der Waals surface area contributed by atoms with Crippen molar-refractivity contribution in [2.75, 3.05) is 27.1 Å². The first-order chi connectivity index (χ1) is 40.3. The molecule has 0 unspecified atom stereocenters. The third-order valence-corrected chi connectivity index (χ3v) is 12.4. The van der Waals surface area contributed by atoms with Crippen LogP contribution in [0.5, 0.6) is 0 Å². The minimum atomic E-state index is -1.00. The number of aryl methyl sites for hydroxylation is 2. The number of hydrogen-bond donors (Lipinski definition) is 3. The predicted molar refractivity (Wildman–Crippen MR) is 313 cm³/mol. The molecule has 0 saturated heterocycles. The Kier molecular flexibility index (Phi) is 32.0. The number of hydrogen-bond acceptors (Lipinski definition) is 19. The fourth-order valence-electron chi connectivity index (χ4n) is 7.24. The standard InChI is InChI=1S/C22H19ClN8O.C14H10BrClN4O2.C10H7Cl2N.C4H4BrN3O2.CH3F.CH2O3.2K.H/c1-12-6-19(24)28-13(2)17(12)10-27-21(32)20-29-22(25-3)30-31(20)11-14-4-5-18-15(7-14)8-16(23)9-26-18;1-22-13(21)12-18-14(15)19-20(12)7-8-2-3-11-9(4-8)5-10(16)6-17-11;11-5-7-1-2-10-8(3-7)4-9(12)6-13-10;1-10-3(9)2-6-4(5)8-7-2;1-2;2-1-4-3;;;/h4-9H,10-11H2,1-2H3,(H2,24,28)(H,27,32);2-6H,7H2,1H3;1-4,6H,5H2;1H3,(H,6,7,8);1H3;1,3H;;;/q;;;;;;2*+1;-1/p-1/i;;;;1D;;;;. The summed E-state index contributed by atoms with van der Waals surface area (Å²) in [4.78, 5) is 78.5. The molecule has 0 fully saturated rings. The third-order valence-electron chi connectivity index (χ3n) is 10.8. The molecule has 0 aliphatic rings. The van der Waals surface area contributed by atoms with Gasteiger partial charge in [0.15, 0.2) is 4.73 Å². The Morgan fingerprint density at radius 3 is 1.71 bits per heavy atom. The van der Waals surface area contributed by atoms with E-state index in [-0.39, 0.29) is 147 Å². The Balaban J connectivity index is 0.000000406. The van der Waals surface area contributed by atoms with Crippen LogP contribution in [0.3, 0.4) is 0 Å². The van der Waals surface area contributed by atoms with Gasteiger partial charge in [0.25, 0.3) is 18.1 Å². The fraction of sp³-hybridized carbons (Fsp3) is 0.173. The van der Waals surface area contributed by atoms with Gasteiger partial charge >= 0.3 is 127 Å². The van der Waals surface area contributed by atoms with Gasteiger partial charge in [0.05, 0.1) is 67.5 Å². The van der Waals surface area contributed by atoms with Crippen molar-refractivity contribution >= 4 is 147 Å². The molecule has 0 radical (unpaired) electrons. The molecule has 0 spiro atoms. The maximum atomic E-state index is 12.9. The van der Waals surface area contributed by atoms with Gasteiger partial charge in [0, 0.05) is 52.9 Å². The van der Waals surface area contributed by atoms with E-state index in [0.29, 0.717) is 42.8 Å². The molecule has 0 aliphatic carbocycles. The van der Waals surface area contributed by atoms with E-state index >= 15 is 0 Å². The summed E-state index contributed by atoms with van der Waals surface area (Å²) in [5.41, 5.74) is 13.8. The Bertz CT molecular complexity index is 3970. The first kappa shape index (κ1) is 72.4. The van der Waals surface area contributed by atoms with E-state index in [9.17, 15) is 18.8 Å². The monoisotopic (exact) mass is 1420 g/mol. The summed E-state index contributed by atoms with van der Waals surface area (Å²) in [6.07, 6.45) is 4.84. The molecule has 0 aliphatic heterocycles. The van der Waals surface area contributed by atoms with E-state index in [4.69, 9.17) is 74.9 Å². The van der Waals surface area contributed by atoms with Crippen LogP contribution in [0.4, 0.5) is 16.2 Å². The van der Waals surface area contributed by atoms with Crippen molar-refractivity contribution in [1.82, 2.24) is 70.0 Å². The molecule has 0 saturated carbocycles. The Labute approximate surface area is 608 Å². The zero-order chi connectivity index (χ0) is 61.5. The normalized spacial score (nSPS) is 10.1. The molecule has 3 aromatic carbocycles. The number of H-pyrrole nitrogens is 1. The van der Waals surface area contributed by atoms with E-state index < -0.39 is 25.0 Å². The molecule has 10 rings (SSSR count). The maximum Gasteiger partial charge on any atom is 1.00 e. The molecule has 1 amide bonds. The second kappa shape index (κ2) is 37.6. The Morgan fingerprint density at radius 1 is 0.788 bits per heavy atom. The number of methoxy groups -OCH3 is 2. The summed E-state index contributed by atoms with van der Waals surface area (Å²) in [6, 6.07) is 24.7. The Morgan fingerprint density at radius 2 is 1.27 bits per heavy atom. The number of nitrogen functional groups attached to an aromatic ring is 1. The summed E-state index contributed by atoms with van der Waals surface area (Å²) < 4.78 is 28.2. The van der Waals surface area contributed by atoms with Crippen molar-refractivity contribution < 1.29 is 149 Å². The van der Waals surface area contributed by atoms with E-state index in [1.54, 1.807) is 24.7 Å². The molecule has 432 valence electrons. The summed E-state index contributed by atoms with van der Waals surface area (Å²) >= 11 is 29.7. The molecule has 10 aromatic rings. The molecule has 0 atom stereocenters. The van der Waals surface area contributed by atoms with Gasteiger partial charge < -0.3 is 36.9 Å². The number of aromatic amines is 1. The van der Waals surface area contributed by atoms with Crippen molar-refractivity contribution in [3.05, 3.63) is 184 Å². The van der Waals surface area contributed by atoms with Crippen LogP contribution in [0.2, 0.25) is 15.1 Å². The maximum absolute atomic E-state index is 12.9. The number of benzene rings is 3. The SMILES string of the molecule is COC(=O)c1n[nH]c(Br)n1.COC(=O)c1nc(Br)nn1Cc1ccc2ncc(Cl)cc2c1.ClCc1ccc2ncc(Cl)cc2c1.O=CO[O-].[2H]CF.[C-]#[N+]c1nc(C(=O)NCc2c(C)cc(N)nc2C)n(Cc2ccc3ncc(Cl)cc3c2)n1.[H-].[K+].[K+]. The number of anilines is 1. The summed E-state index contributed by atoms with van der Waals surface area (Å²) in [7, 11) is 1.57. The number of aromatic nitrogens is 13. The second-order valence-electron chi connectivity index (χ2n) is 16.3. The van der Waals surface area contributed by atoms with Crippen LogP contribution < -0.4 is 119 Å². The van der Waals surface area contributed by atoms with Crippen LogP contribution in [0.25, 0.3) is 37.6 Å². The molecule has 33 heteroatoms. The van der Waals surface area contributed by atoms with Gasteiger partial charge in [-0.05, 0) is 134 Å². The number of carbonyl (C=O) groups is 4. The number of nitrogens with two attached hydrogens (primary N) is 1. The van der Waals surface area contributed by atoms with Crippen molar-refractivity contribution in [3.63, 3.8) is 0 Å². The van der Waals surface area contributed by atoms with Crippen molar-refractivity contribution in [1.29, 1.82) is 0 Å². The van der Waals surface area contributed by atoms with E-state index in [2.05, 4.69) is 107 Å². The van der Waals surface area contributed by atoms with Crippen LogP contribution in [0, 0.1) is 20.4 Å². The molecular formula is C52H45Br2Cl4FK2N16O8. The number of nitrogens with zero attached hydrogens (tertiary/aromatic N) is 13. The Hall–Kier alpha value is -5.09. The van der Waals surface area contributed by atoms with Crippen LogP contribution >= 0.6 is 78.3 Å². The molecule has 85 heavy (non-hydrogen) atoms. The van der Waals surface area contributed by atoms with Crippen LogP contribution in [-0.4, -0.2) is 110 Å². The predicted octanol–water partition coefficient (Wildman–Crippen LogP) is 3.80. The first-order valence-electron chi connectivity index (χ1n) is 23.9. The second-order valence-corrected chi connectivity index (χ2v) is 19.3. The summed E-state index contributed by atoms with van der Waals surface area (Å²) in [5.74, 6) is -0.459. The van der Waals surface area contributed by atoms with Gasteiger partial charge in [-0.1, -0.05) is 58.1 Å². The topological polar surface area (TPSA) is 316 Å². The fourth-order valence-corrected chi connectivity index (χ4v) is 8.52.